The van der Waals surface area contributed by atoms with E-state index in [2.05, 4.69) is 0 Å². The first-order valence-electron chi connectivity index (χ1n) is 10.7. The molecule has 0 atom stereocenters. The van der Waals surface area contributed by atoms with Crippen molar-refractivity contribution in [2.75, 3.05) is 40.0 Å². The predicted octanol–water partition coefficient (Wildman–Crippen LogP) is 3.96. The summed E-state index contributed by atoms with van der Waals surface area (Å²) in [6, 6.07) is 9.30. The van der Waals surface area contributed by atoms with Crippen molar-refractivity contribution in [3.05, 3.63) is 63.3 Å². The van der Waals surface area contributed by atoms with Gasteiger partial charge < -0.3 is 19.1 Å². The number of benzene rings is 2. The molecule has 3 amide bonds. The highest BCUT2D eigenvalue weighted by molar-refractivity contribution is 8.18. The molecule has 2 aromatic rings. The number of hydrogen-bond acceptors (Lipinski definition) is 7. The zero-order valence-corrected chi connectivity index (χ0v) is 20.4. The Morgan fingerprint density at radius 1 is 1.20 bits per heavy atom. The van der Waals surface area contributed by atoms with E-state index in [4.69, 9.17) is 25.8 Å². The van der Waals surface area contributed by atoms with Crippen molar-refractivity contribution in [1.29, 1.82) is 0 Å². The van der Waals surface area contributed by atoms with E-state index >= 15 is 0 Å². The Hall–Kier alpha value is -3.08. The first kappa shape index (κ1) is 25.0. The molecule has 184 valence electrons. The summed E-state index contributed by atoms with van der Waals surface area (Å²) in [4.78, 5) is 40.5. The van der Waals surface area contributed by atoms with Crippen molar-refractivity contribution >= 4 is 46.5 Å². The van der Waals surface area contributed by atoms with Crippen LogP contribution in [0, 0.1) is 5.82 Å². The fourth-order valence-corrected chi connectivity index (χ4v) is 4.61. The number of ether oxygens (including phenoxy) is 3. The van der Waals surface area contributed by atoms with Crippen molar-refractivity contribution in [2.45, 2.75) is 6.61 Å². The molecule has 2 aliphatic rings. The minimum Gasteiger partial charge on any atom is -0.493 e. The number of thioether (sulfide) groups is 1. The summed E-state index contributed by atoms with van der Waals surface area (Å²) < 4.78 is 30.4. The van der Waals surface area contributed by atoms with Crippen molar-refractivity contribution < 1.29 is 33.0 Å². The van der Waals surface area contributed by atoms with Crippen molar-refractivity contribution in [3.63, 3.8) is 0 Å². The Kier molecular flexibility index (Phi) is 7.94. The van der Waals surface area contributed by atoms with Gasteiger partial charge in [0.2, 0.25) is 5.91 Å². The number of nitrogens with zero attached hydrogens (tertiary/aromatic N) is 2. The molecule has 35 heavy (non-hydrogen) atoms. The van der Waals surface area contributed by atoms with Crippen LogP contribution in [0.3, 0.4) is 0 Å². The lowest BCUT2D eigenvalue weighted by atomic mass is 10.1. The third-order valence-corrected chi connectivity index (χ3v) is 6.71. The molecule has 2 aromatic carbocycles. The van der Waals surface area contributed by atoms with Crippen LogP contribution in [0.5, 0.6) is 11.5 Å². The van der Waals surface area contributed by atoms with Crippen LogP contribution in [0.25, 0.3) is 6.08 Å². The van der Waals surface area contributed by atoms with Crippen LogP contribution in [0.1, 0.15) is 11.1 Å². The number of carbonyl (C=O) groups excluding carboxylic acids is 3. The number of halogens is 2. The van der Waals surface area contributed by atoms with Gasteiger partial charge in [-0.25, -0.2) is 4.39 Å². The van der Waals surface area contributed by atoms with Gasteiger partial charge in [-0.05, 0) is 47.7 Å². The molecule has 0 bridgehead atoms. The lowest BCUT2D eigenvalue weighted by Gasteiger charge is -2.28. The molecule has 2 aliphatic heterocycles. The van der Waals surface area contributed by atoms with Crippen LogP contribution in [0.2, 0.25) is 5.02 Å². The fraction of sp³-hybridized carbons (Fsp3) is 0.292. The van der Waals surface area contributed by atoms with Crippen LogP contribution in [-0.2, 0) is 20.9 Å². The largest absolute Gasteiger partial charge is 0.493 e. The van der Waals surface area contributed by atoms with E-state index in [-0.39, 0.29) is 34.6 Å². The van der Waals surface area contributed by atoms with Crippen molar-refractivity contribution in [1.82, 2.24) is 9.80 Å². The molecule has 0 radical (unpaired) electrons. The first-order valence-corrected chi connectivity index (χ1v) is 11.9. The minimum atomic E-state index is -0.543. The van der Waals surface area contributed by atoms with E-state index in [1.807, 2.05) is 0 Å². The maximum absolute atomic E-state index is 14.1. The van der Waals surface area contributed by atoms with Gasteiger partial charge in [-0.15, -0.1) is 0 Å². The summed E-state index contributed by atoms with van der Waals surface area (Å²) in [5.74, 6) is -0.629. The molecule has 11 heteroatoms. The van der Waals surface area contributed by atoms with Crippen LogP contribution in [-0.4, -0.2) is 66.8 Å². The number of carbonyl (C=O) groups is 3. The normalized spacial score (nSPS) is 17.3. The molecule has 0 saturated carbocycles. The predicted molar refractivity (Wildman–Crippen MR) is 129 cm³/mol. The number of hydrogen-bond donors (Lipinski definition) is 0. The monoisotopic (exact) mass is 520 g/mol. The molecule has 2 fully saturated rings. The summed E-state index contributed by atoms with van der Waals surface area (Å²) in [6.07, 6.45) is 1.53. The van der Waals surface area contributed by atoms with Gasteiger partial charge in [0.1, 0.15) is 19.0 Å². The lowest BCUT2D eigenvalue weighted by Crippen LogP contribution is -2.46. The highest BCUT2D eigenvalue weighted by atomic mass is 35.5. The van der Waals surface area contributed by atoms with Gasteiger partial charge in [-0.3, -0.25) is 19.3 Å². The van der Waals surface area contributed by atoms with Crippen LogP contribution in [0.4, 0.5) is 9.18 Å². The molecule has 0 spiro atoms. The maximum atomic E-state index is 14.1. The topological polar surface area (TPSA) is 85.4 Å². The molecule has 0 N–H and O–H groups in total. The second-order valence-electron chi connectivity index (χ2n) is 7.66. The van der Waals surface area contributed by atoms with E-state index in [9.17, 15) is 18.8 Å². The Labute approximate surface area is 210 Å². The zero-order chi connectivity index (χ0) is 24.9. The highest BCUT2D eigenvalue weighted by Gasteiger charge is 2.37. The van der Waals surface area contributed by atoms with Gasteiger partial charge in [0.15, 0.2) is 11.5 Å². The van der Waals surface area contributed by atoms with Crippen LogP contribution >= 0.6 is 23.4 Å². The van der Waals surface area contributed by atoms with Gasteiger partial charge in [-0.2, -0.15) is 0 Å². The summed E-state index contributed by atoms with van der Waals surface area (Å²) in [7, 11) is 1.47. The van der Waals surface area contributed by atoms with E-state index in [1.165, 1.54) is 25.3 Å². The van der Waals surface area contributed by atoms with Gasteiger partial charge >= 0.3 is 0 Å². The molecule has 2 saturated heterocycles. The Balaban J connectivity index is 1.49. The summed E-state index contributed by atoms with van der Waals surface area (Å²) in [6.45, 7) is 1.26. The molecule has 0 aromatic heterocycles. The average molecular weight is 521 g/mol. The number of morpholine rings is 1. The molecular weight excluding hydrogens is 499 g/mol. The number of imide groups is 1. The Morgan fingerprint density at radius 2 is 1.97 bits per heavy atom. The molecule has 2 heterocycles. The quantitative estimate of drug-likeness (QED) is 0.511. The Bertz CT molecular complexity index is 1160. The van der Waals surface area contributed by atoms with Gasteiger partial charge in [0, 0.05) is 18.7 Å². The third-order valence-electron chi connectivity index (χ3n) is 5.45. The minimum absolute atomic E-state index is 0.133. The molecule has 8 nitrogen and oxygen atoms in total. The van der Waals surface area contributed by atoms with E-state index in [0.29, 0.717) is 43.4 Å². The summed E-state index contributed by atoms with van der Waals surface area (Å²) in [5.41, 5.74) is 0.762. The SMILES string of the molecule is COc1ccc(/C=C2/SC(=O)N(CC(=O)N3CCOCC3)C2=O)cc1OCc1c(F)cccc1Cl. The number of amides is 3. The summed E-state index contributed by atoms with van der Waals surface area (Å²) in [5, 5.41) is -0.275. The molecular formula is C24H22ClFN2O6S. The lowest BCUT2D eigenvalue weighted by molar-refractivity contribution is -0.139. The summed E-state index contributed by atoms with van der Waals surface area (Å²) >= 11 is 6.83. The standard InChI is InChI=1S/C24H22ClFN2O6S/c1-32-19-6-5-15(11-20(19)34-14-16-17(25)3-2-4-18(16)26)12-21-23(30)28(24(31)35-21)13-22(29)27-7-9-33-10-8-27/h2-6,11-12H,7-10,13-14H2,1H3/b21-12+. The smallest absolute Gasteiger partial charge is 0.294 e. The van der Waals surface area contributed by atoms with Gasteiger partial charge in [0.05, 0.1) is 30.3 Å². The second kappa shape index (κ2) is 11.1. The molecule has 4 rings (SSSR count). The molecule has 0 unspecified atom stereocenters. The number of rotatable bonds is 7. The molecule has 0 aliphatic carbocycles. The average Bonchev–Trinajstić information content (AvgIpc) is 3.11. The maximum Gasteiger partial charge on any atom is 0.294 e. The van der Waals surface area contributed by atoms with E-state index in [0.717, 1.165) is 16.7 Å². The van der Waals surface area contributed by atoms with Gasteiger partial charge in [0.25, 0.3) is 11.1 Å². The third kappa shape index (κ3) is 5.77. The second-order valence-corrected chi connectivity index (χ2v) is 9.06. The van der Waals surface area contributed by atoms with Gasteiger partial charge in [-0.1, -0.05) is 23.7 Å². The first-order chi connectivity index (χ1) is 16.9. The zero-order valence-electron chi connectivity index (χ0n) is 18.8. The van der Waals surface area contributed by atoms with Crippen LogP contribution < -0.4 is 9.47 Å². The Morgan fingerprint density at radius 3 is 2.69 bits per heavy atom. The number of methoxy groups -OCH3 is 1. The van der Waals surface area contributed by atoms with Crippen molar-refractivity contribution in [3.8, 4) is 11.5 Å². The highest BCUT2D eigenvalue weighted by Crippen LogP contribution is 2.35. The fourth-order valence-electron chi connectivity index (χ4n) is 3.55. The van der Waals surface area contributed by atoms with E-state index in [1.54, 1.807) is 29.2 Å². The van der Waals surface area contributed by atoms with E-state index < -0.39 is 17.0 Å². The van der Waals surface area contributed by atoms with Crippen molar-refractivity contribution in [2.24, 2.45) is 0 Å². The van der Waals surface area contributed by atoms with Crippen LogP contribution in [0.15, 0.2) is 41.3 Å².